The van der Waals surface area contributed by atoms with Crippen molar-refractivity contribution < 1.29 is 4.79 Å². The first kappa shape index (κ1) is 24.0. The molecule has 0 radical (unpaired) electrons. The van der Waals surface area contributed by atoms with Gasteiger partial charge in [0.05, 0.1) is 11.9 Å². The van der Waals surface area contributed by atoms with Crippen LogP contribution >= 0.6 is 0 Å². The number of hydrogen-bond donors (Lipinski definition) is 3. The lowest BCUT2D eigenvalue weighted by atomic mass is 9.99. The Balaban J connectivity index is 0.000000917. The largest absolute Gasteiger partial charge is 0.372 e. The molecule has 7 nitrogen and oxygen atoms in total. The van der Waals surface area contributed by atoms with Gasteiger partial charge in [0.1, 0.15) is 11.7 Å². The van der Waals surface area contributed by atoms with Gasteiger partial charge in [-0.05, 0) is 54.4 Å². The molecule has 2 fully saturated rings. The summed E-state index contributed by atoms with van der Waals surface area (Å²) in [5, 5.41) is 10.7. The van der Waals surface area contributed by atoms with Gasteiger partial charge in [0, 0.05) is 30.9 Å². The number of carbonyl (C=O) groups excluding carboxylic acids is 1. The molecule has 180 valence electrons. The number of aryl methyl sites for hydroxylation is 1. The van der Waals surface area contributed by atoms with E-state index in [1.807, 2.05) is 18.5 Å². The summed E-state index contributed by atoms with van der Waals surface area (Å²) in [5.41, 5.74) is 12.6. The molecule has 1 aromatic heterocycles. The molecule has 1 aromatic carbocycles. The van der Waals surface area contributed by atoms with Crippen molar-refractivity contribution in [3.05, 3.63) is 107 Å². The van der Waals surface area contributed by atoms with Gasteiger partial charge in [-0.1, -0.05) is 55.1 Å². The molecule has 0 bridgehead atoms. The number of aromatic nitrogens is 2. The number of likely N-dealkylation sites (tertiary alicyclic amines) is 1. The van der Waals surface area contributed by atoms with Crippen LogP contribution in [0, 0.1) is 12.8 Å². The minimum atomic E-state index is 0.250. The van der Waals surface area contributed by atoms with Crippen molar-refractivity contribution in [3.8, 4) is 0 Å². The Hall–Kier alpha value is -4.13. The van der Waals surface area contributed by atoms with Crippen LogP contribution in [0.25, 0.3) is 5.70 Å². The van der Waals surface area contributed by atoms with Crippen LogP contribution < -0.4 is 11.1 Å². The number of amidine groups is 1. The van der Waals surface area contributed by atoms with E-state index in [0.717, 1.165) is 48.0 Å². The van der Waals surface area contributed by atoms with Crippen molar-refractivity contribution in [2.24, 2.45) is 16.6 Å². The number of allylic oxidation sites excluding steroid dienone is 3. The lowest BCUT2D eigenvalue weighted by molar-refractivity contribution is -0.106. The van der Waals surface area contributed by atoms with Crippen molar-refractivity contribution in [1.29, 1.82) is 0 Å². The highest BCUT2D eigenvalue weighted by Crippen LogP contribution is 2.40. The van der Waals surface area contributed by atoms with E-state index in [2.05, 4.69) is 82.6 Å². The Bertz CT molecular complexity index is 1230. The minimum Gasteiger partial charge on any atom is -0.372 e. The van der Waals surface area contributed by atoms with E-state index < -0.39 is 0 Å². The number of hydrogen-bond acceptors (Lipinski definition) is 5. The van der Waals surface area contributed by atoms with Crippen molar-refractivity contribution in [2.45, 2.75) is 26.2 Å². The van der Waals surface area contributed by atoms with Gasteiger partial charge in [0.2, 0.25) is 6.41 Å². The summed E-state index contributed by atoms with van der Waals surface area (Å²) in [6.45, 7) is 11.8. The number of aliphatic imine (C=N–C) groups is 1. The number of nitrogens with zero attached hydrogens (tertiary/aromatic N) is 3. The van der Waals surface area contributed by atoms with Crippen LogP contribution in [0.4, 0.5) is 0 Å². The summed E-state index contributed by atoms with van der Waals surface area (Å²) >= 11 is 0. The smallest absolute Gasteiger partial charge is 0.204 e. The molecule has 7 heteroatoms. The average molecular weight is 469 g/mol. The first-order valence-electron chi connectivity index (χ1n) is 11.8. The first-order chi connectivity index (χ1) is 17.0. The number of rotatable bonds is 5. The van der Waals surface area contributed by atoms with E-state index in [1.165, 1.54) is 35.1 Å². The normalized spacial score (nSPS) is 19.9. The molecule has 3 heterocycles. The Labute approximate surface area is 206 Å². The number of H-pyrrole nitrogens is 1. The predicted octanol–water partition coefficient (Wildman–Crippen LogP) is 4.01. The van der Waals surface area contributed by atoms with Crippen LogP contribution in [0.2, 0.25) is 0 Å². The molecule has 2 aromatic rings. The Morgan fingerprint density at radius 2 is 2.11 bits per heavy atom. The second-order valence-electron chi connectivity index (χ2n) is 8.98. The van der Waals surface area contributed by atoms with E-state index >= 15 is 0 Å². The molecule has 1 saturated heterocycles. The van der Waals surface area contributed by atoms with E-state index in [9.17, 15) is 0 Å². The van der Waals surface area contributed by atoms with Gasteiger partial charge in [-0.25, -0.2) is 4.99 Å². The first-order valence-corrected chi connectivity index (χ1v) is 11.8. The monoisotopic (exact) mass is 468 g/mol. The van der Waals surface area contributed by atoms with Crippen LogP contribution in [-0.4, -0.2) is 40.4 Å². The van der Waals surface area contributed by atoms with E-state index in [4.69, 9.17) is 9.79 Å². The Kier molecular flexibility index (Phi) is 7.45. The lowest BCUT2D eigenvalue weighted by Crippen LogP contribution is -2.32. The molecule has 2 aliphatic heterocycles. The third-order valence-electron chi connectivity index (χ3n) is 6.25. The summed E-state index contributed by atoms with van der Waals surface area (Å²) in [7, 11) is 0. The highest BCUT2D eigenvalue weighted by molar-refractivity contribution is 6.02. The van der Waals surface area contributed by atoms with E-state index in [-0.39, 0.29) is 6.41 Å². The maximum Gasteiger partial charge on any atom is 0.204 e. The number of benzene rings is 1. The number of amides is 1. The van der Waals surface area contributed by atoms with Crippen molar-refractivity contribution in [1.82, 2.24) is 20.4 Å². The van der Waals surface area contributed by atoms with Gasteiger partial charge in [-0.2, -0.15) is 5.10 Å². The van der Waals surface area contributed by atoms with Crippen LogP contribution in [-0.2, 0) is 11.2 Å². The van der Waals surface area contributed by atoms with Crippen molar-refractivity contribution >= 4 is 17.9 Å². The molecule has 1 aliphatic carbocycles. The fourth-order valence-corrected chi connectivity index (χ4v) is 4.41. The second kappa shape index (κ2) is 10.9. The molecule has 0 unspecified atom stereocenters. The number of nitrogens with two attached hydrogens (primary N) is 1. The fourth-order valence-electron chi connectivity index (χ4n) is 4.41. The number of carbonyl (C=O) groups is 1. The molecule has 0 spiro atoms. The molecule has 1 saturated carbocycles. The van der Waals surface area contributed by atoms with E-state index in [1.54, 1.807) is 0 Å². The average Bonchev–Trinajstić information content (AvgIpc) is 3.39. The molecule has 3 aliphatic rings. The zero-order chi connectivity index (χ0) is 24.8. The highest BCUT2D eigenvalue weighted by atomic mass is 16.1. The van der Waals surface area contributed by atoms with Gasteiger partial charge < -0.3 is 16.0 Å². The molecule has 1 amide bonds. The van der Waals surface area contributed by atoms with Gasteiger partial charge in [-0.3, -0.25) is 9.89 Å². The number of primary amides is 1. The molecule has 35 heavy (non-hydrogen) atoms. The summed E-state index contributed by atoms with van der Waals surface area (Å²) < 4.78 is 0. The topological polar surface area (TPSA) is 99.4 Å². The predicted molar refractivity (Wildman–Crippen MR) is 141 cm³/mol. The van der Waals surface area contributed by atoms with Crippen molar-refractivity contribution in [3.63, 3.8) is 0 Å². The summed E-state index contributed by atoms with van der Waals surface area (Å²) in [6.07, 6.45) is 13.4. The molecule has 0 atom stereocenters. The molecule has 4 N–H and O–H groups in total. The van der Waals surface area contributed by atoms with E-state index in [0.29, 0.717) is 5.92 Å². The SMILES string of the molecule is C=C/C=C1/CN(C2=N/C(=C(/Cc3cccc(C)c3)C3CC3)NC(c3cn[nH]c3)=C2)CC1=C.NC=O. The number of aromatic amines is 1. The fraction of sp³-hybridized carbons (Fsp3) is 0.250. The van der Waals surface area contributed by atoms with Gasteiger partial charge in [0.25, 0.3) is 0 Å². The quantitative estimate of drug-likeness (QED) is 0.578. The zero-order valence-corrected chi connectivity index (χ0v) is 20.1. The van der Waals surface area contributed by atoms with Crippen LogP contribution in [0.1, 0.15) is 29.5 Å². The van der Waals surface area contributed by atoms with Gasteiger partial charge in [-0.15, -0.1) is 0 Å². The molecular formula is C28H32N6O. The molecule has 5 rings (SSSR count). The van der Waals surface area contributed by atoms with Crippen molar-refractivity contribution in [2.75, 3.05) is 13.1 Å². The minimum absolute atomic E-state index is 0.250. The van der Waals surface area contributed by atoms with Crippen LogP contribution in [0.5, 0.6) is 0 Å². The lowest BCUT2D eigenvalue weighted by Gasteiger charge is -2.25. The molecular weight excluding hydrogens is 436 g/mol. The van der Waals surface area contributed by atoms with Crippen LogP contribution in [0.3, 0.4) is 0 Å². The zero-order valence-electron chi connectivity index (χ0n) is 20.1. The summed E-state index contributed by atoms with van der Waals surface area (Å²) in [4.78, 5) is 16.0. The van der Waals surface area contributed by atoms with Crippen LogP contribution in [0.15, 0.2) is 95.6 Å². The second-order valence-corrected chi connectivity index (χ2v) is 8.98. The van der Waals surface area contributed by atoms with Gasteiger partial charge in [0.15, 0.2) is 0 Å². The summed E-state index contributed by atoms with van der Waals surface area (Å²) in [6, 6.07) is 8.78. The highest BCUT2D eigenvalue weighted by Gasteiger charge is 2.31. The third-order valence-corrected chi connectivity index (χ3v) is 6.25. The summed E-state index contributed by atoms with van der Waals surface area (Å²) in [5.74, 6) is 2.54. The Morgan fingerprint density at radius 1 is 1.31 bits per heavy atom. The number of nitrogens with one attached hydrogen (secondary N) is 2. The third kappa shape index (κ3) is 5.87. The van der Waals surface area contributed by atoms with Gasteiger partial charge >= 0.3 is 0 Å². The Morgan fingerprint density at radius 3 is 2.77 bits per heavy atom. The standard InChI is InChI=1S/C27H29N5.CH3NO/c1-4-6-22-17-32(16-19(22)3)26-13-25(23-14-28-29-15-23)30-27(31-26)24(21-9-10-21)12-20-8-5-7-18(2)11-20;2-1-3/h4-8,11,13-15,21,30H,1,3,9-10,12,16-17H2,2H3,(H,28,29);1H,(H2,2,3)/b22-6-,27-24-;. The maximum atomic E-state index is 8.58. The maximum absolute atomic E-state index is 8.58.